The first kappa shape index (κ1) is 28.7. The van der Waals surface area contributed by atoms with Gasteiger partial charge in [0.15, 0.2) is 0 Å². The van der Waals surface area contributed by atoms with Crippen LogP contribution in [0.25, 0.3) is 10.8 Å². The van der Waals surface area contributed by atoms with Crippen molar-refractivity contribution in [3.8, 4) is 17.8 Å². The summed E-state index contributed by atoms with van der Waals surface area (Å²) in [5, 5.41) is 11.8. The minimum Gasteiger partial charge on any atom is -0.497 e. The predicted octanol–water partition coefficient (Wildman–Crippen LogP) is 3.79. The van der Waals surface area contributed by atoms with Crippen molar-refractivity contribution < 1.29 is 14.3 Å². The van der Waals surface area contributed by atoms with Gasteiger partial charge in [-0.1, -0.05) is 30.8 Å². The number of carbonyl (C=O) groups excluding carboxylic acids is 1. The lowest BCUT2D eigenvalue weighted by atomic mass is 10.0. The number of amides is 1. The van der Waals surface area contributed by atoms with Crippen LogP contribution in [0.3, 0.4) is 0 Å². The highest BCUT2D eigenvalue weighted by molar-refractivity contribution is 5.96. The maximum atomic E-state index is 12.5. The fourth-order valence-corrected chi connectivity index (χ4v) is 6.66. The van der Waals surface area contributed by atoms with Crippen LogP contribution in [0.4, 0.5) is 11.5 Å². The van der Waals surface area contributed by atoms with Crippen LogP contribution in [0.5, 0.6) is 11.8 Å². The van der Waals surface area contributed by atoms with Crippen LogP contribution in [-0.4, -0.2) is 91.2 Å². The second-order valence-electron chi connectivity index (χ2n) is 11.6. The quantitative estimate of drug-likeness (QED) is 0.368. The highest BCUT2D eigenvalue weighted by atomic mass is 16.5. The van der Waals surface area contributed by atoms with Crippen molar-refractivity contribution >= 4 is 28.2 Å². The third-order valence-electron chi connectivity index (χ3n) is 9.06. The maximum Gasteiger partial charge on any atom is 0.318 e. The highest BCUT2D eigenvalue weighted by Gasteiger charge is 2.33. The average Bonchev–Trinajstić information content (AvgIpc) is 3.46. The Labute approximate surface area is 253 Å². The summed E-state index contributed by atoms with van der Waals surface area (Å²) in [4.78, 5) is 31.2. The van der Waals surface area contributed by atoms with Gasteiger partial charge in [0.2, 0.25) is 5.91 Å². The molecule has 1 amide bonds. The molecule has 3 aliphatic heterocycles. The average molecular weight is 582 g/mol. The van der Waals surface area contributed by atoms with Gasteiger partial charge in [-0.15, -0.1) is 0 Å². The third kappa shape index (κ3) is 5.82. The van der Waals surface area contributed by atoms with Crippen LogP contribution in [-0.2, 0) is 17.8 Å². The molecule has 1 aromatic heterocycles. The molecule has 10 heteroatoms. The number of hydrogen-bond donors (Lipinski definition) is 0. The summed E-state index contributed by atoms with van der Waals surface area (Å²) < 4.78 is 12.0. The maximum absolute atomic E-state index is 12.5. The molecule has 10 nitrogen and oxygen atoms in total. The van der Waals surface area contributed by atoms with Crippen molar-refractivity contribution in [2.24, 2.45) is 0 Å². The topological polar surface area (TPSA) is 98.1 Å². The van der Waals surface area contributed by atoms with Crippen molar-refractivity contribution in [1.82, 2.24) is 19.8 Å². The van der Waals surface area contributed by atoms with E-state index in [1.165, 1.54) is 11.5 Å². The molecular formula is C33H39N7O3. The number of nitriles is 1. The molecule has 2 atom stereocenters. The number of hydrogen-bond acceptors (Lipinski definition) is 9. The molecule has 43 heavy (non-hydrogen) atoms. The SMILES string of the molecule is C=CC(=O)N1CCN(c2nc(OC[C@@H]3CCCN3C)nc3c2CCN(c2cc(OC)cc4ccccc24)C3)CC1CC#N. The number of aromatic nitrogens is 2. The minimum absolute atomic E-state index is 0.143. The molecule has 0 saturated carbocycles. The zero-order chi connectivity index (χ0) is 29.9. The Balaban J connectivity index is 1.34. The number of benzene rings is 2. The molecule has 224 valence electrons. The molecule has 0 bridgehead atoms. The van der Waals surface area contributed by atoms with E-state index in [1.54, 1.807) is 12.0 Å². The van der Waals surface area contributed by atoms with E-state index in [0.29, 0.717) is 44.8 Å². The highest BCUT2D eigenvalue weighted by Crippen LogP contribution is 2.37. The van der Waals surface area contributed by atoms with Crippen molar-refractivity contribution in [2.45, 2.75) is 44.3 Å². The first-order chi connectivity index (χ1) is 21.0. The lowest BCUT2D eigenvalue weighted by Gasteiger charge is -2.42. The molecule has 0 aliphatic carbocycles. The predicted molar refractivity (Wildman–Crippen MR) is 167 cm³/mol. The van der Waals surface area contributed by atoms with Crippen LogP contribution in [0.2, 0.25) is 0 Å². The first-order valence-corrected chi connectivity index (χ1v) is 15.1. The summed E-state index contributed by atoms with van der Waals surface area (Å²) in [6.07, 6.45) is 4.60. The second kappa shape index (κ2) is 12.5. The van der Waals surface area contributed by atoms with Crippen LogP contribution in [0.1, 0.15) is 30.5 Å². The van der Waals surface area contributed by atoms with Gasteiger partial charge < -0.3 is 29.1 Å². The van der Waals surface area contributed by atoms with E-state index in [2.05, 4.69) is 64.7 Å². The summed E-state index contributed by atoms with van der Waals surface area (Å²) in [7, 11) is 3.84. The Hall–Kier alpha value is -4.36. The van der Waals surface area contributed by atoms with Crippen LogP contribution in [0, 0.1) is 11.3 Å². The lowest BCUT2D eigenvalue weighted by molar-refractivity contribution is -0.128. The number of ether oxygens (including phenoxy) is 2. The monoisotopic (exact) mass is 581 g/mol. The van der Waals surface area contributed by atoms with Crippen molar-refractivity contribution in [3.63, 3.8) is 0 Å². The van der Waals surface area contributed by atoms with Gasteiger partial charge in [-0.05, 0) is 50.4 Å². The number of rotatable bonds is 8. The van der Waals surface area contributed by atoms with Crippen LogP contribution in [0.15, 0.2) is 49.1 Å². The van der Waals surface area contributed by atoms with Gasteiger partial charge >= 0.3 is 6.01 Å². The van der Waals surface area contributed by atoms with E-state index in [9.17, 15) is 10.1 Å². The molecule has 4 heterocycles. The zero-order valence-corrected chi connectivity index (χ0v) is 25.0. The van der Waals surface area contributed by atoms with Gasteiger partial charge in [0.05, 0.1) is 37.9 Å². The van der Waals surface area contributed by atoms with Gasteiger partial charge in [0.1, 0.15) is 18.2 Å². The molecule has 2 aromatic carbocycles. The Morgan fingerprint density at radius 1 is 1.14 bits per heavy atom. The lowest BCUT2D eigenvalue weighted by Crippen LogP contribution is -2.55. The molecule has 3 aliphatic rings. The summed E-state index contributed by atoms with van der Waals surface area (Å²) >= 11 is 0. The van der Waals surface area contributed by atoms with E-state index in [4.69, 9.17) is 19.4 Å². The standard InChI is InChI=1S/C33H39N7O3/c1-4-31(41)40-17-16-39(20-24(40)11-13-34)32-28-12-15-38(30-19-26(42-3)18-23-8-5-6-10-27(23)30)21-29(28)35-33(36-32)43-22-25-9-7-14-37(25)2/h4-6,8,10,18-19,24-25H,1,7,9,11-12,14-17,20-22H2,2-3H3/t24?,25-/m0/s1. The van der Waals surface area contributed by atoms with Gasteiger partial charge in [-0.2, -0.15) is 15.2 Å². The summed E-state index contributed by atoms with van der Waals surface area (Å²) in [5.74, 6) is 1.53. The first-order valence-electron chi connectivity index (χ1n) is 15.1. The van der Waals surface area contributed by atoms with E-state index in [-0.39, 0.29) is 18.4 Å². The van der Waals surface area contributed by atoms with Gasteiger partial charge in [-0.25, -0.2) is 0 Å². The molecular weight excluding hydrogens is 542 g/mol. The zero-order valence-electron chi connectivity index (χ0n) is 25.0. The van der Waals surface area contributed by atoms with Gasteiger partial charge in [-0.3, -0.25) is 4.79 Å². The van der Waals surface area contributed by atoms with Crippen LogP contribution >= 0.6 is 0 Å². The Morgan fingerprint density at radius 2 is 2.00 bits per heavy atom. The molecule has 3 aromatic rings. The van der Waals surface area contributed by atoms with E-state index in [1.807, 2.05) is 6.07 Å². The fourth-order valence-electron chi connectivity index (χ4n) is 6.66. The minimum atomic E-state index is -0.241. The summed E-state index contributed by atoms with van der Waals surface area (Å²) in [6.45, 7) is 8.30. The second-order valence-corrected chi connectivity index (χ2v) is 11.6. The molecule has 1 unspecified atom stereocenters. The summed E-state index contributed by atoms with van der Waals surface area (Å²) in [6, 6.07) is 15.3. The molecule has 2 fully saturated rings. The third-order valence-corrected chi connectivity index (χ3v) is 9.06. The van der Waals surface area contributed by atoms with Crippen molar-refractivity contribution in [1.29, 1.82) is 5.26 Å². The molecule has 0 radical (unpaired) electrons. The van der Waals surface area contributed by atoms with Crippen LogP contribution < -0.4 is 19.3 Å². The number of likely N-dealkylation sites (tertiary alicyclic amines) is 1. The van der Waals surface area contributed by atoms with E-state index < -0.39 is 0 Å². The number of likely N-dealkylation sites (N-methyl/N-ethyl adjacent to an activating group) is 1. The molecule has 0 spiro atoms. The van der Waals surface area contributed by atoms with Crippen molar-refractivity contribution in [2.75, 3.05) is 63.3 Å². The number of methoxy groups -OCH3 is 1. The fraction of sp³-hybridized carbons (Fsp3) is 0.455. The number of piperazine rings is 1. The number of nitrogens with zero attached hydrogens (tertiary/aromatic N) is 7. The van der Waals surface area contributed by atoms with E-state index >= 15 is 0 Å². The number of anilines is 2. The Morgan fingerprint density at radius 3 is 2.77 bits per heavy atom. The molecule has 2 saturated heterocycles. The smallest absolute Gasteiger partial charge is 0.318 e. The largest absolute Gasteiger partial charge is 0.497 e. The Bertz CT molecular complexity index is 1550. The van der Waals surface area contributed by atoms with Crippen molar-refractivity contribution in [3.05, 3.63) is 60.3 Å². The molecule has 6 rings (SSSR count). The van der Waals surface area contributed by atoms with Gasteiger partial charge in [0.25, 0.3) is 0 Å². The normalized spacial score (nSPS) is 20.5. The van der Waals surface area contributed by atoms with E-state index in [0.717, 1.165) is 66.3 Å². The number of carbonyl (C=O) groups is 1. The number of fused-ring (bicyclic) bond motifs is 2. The molecule has 0 N–H and O–H groups in total. The summed E-state index contributed by atoms with van der Waals surface area (Å²) in [5.41, 5.74) is 3.16. The van der Waals surface area contributed by atoms with Gasteiger partial charge in [0, 0.05) is 54.9 Å². The Kier molecular flexibility index (Phi) is 8.34.